The molecule has 0 aliphatic heterocycles. The number of aliphatic hydroxyl groups is 1. The maximum atomic E-state index is 13.7. The first-order valence-electron chi connectivity index (χ1n) is 5.63. The van der Waals surface area contributed by atoms with E-state index in [4.69, 9.17) is 0 Å². The van der Waals surface area contributed by atoms with Crippen LogP contribution >= 0.6 is 11.3 Å². The van der Waals surface area contributed by atoms with E-state index in [-0.39, 0.29) is 18.0 Å². The molecule has 1 fully saturated rings. The first-order chi connectivity index (χ1) is 8.39. The zero-order valence-corrected chi connectivity index (χ0v) is 10.6. The van der Waals surface area contributed by atoms with Crippen molar-refractivity contribution in [3.05, 3.63) is 5.01 Å². The van der Waals surface area contributed by atoms with E-state index in [1.807, 2.05) is 12.2 Å². The number of hydrogen-bond acceptors (Lipinski definition) is 5. The summed E-state index contributed by atoms with van der Waals surface area (Å²) in [6.45, 7) is 1.85. The standard InChI is InChI=1S/C10H13F2N3O2S/c1-2-6-14-15-8(18-6)13-7(16)10(11,12)9(17)4-3-5-9/h17H,2-5H2,1H3,(H,13,15,16). The highest BCUT2D eigenvalue weighted by atomic mass is 32.1. The van der Waals surface area contributed by atoms with Gasteiger partial charge in [-0.3, -0.25) is 10.1 Å². The summed E-state index contributed by atoms with van der Waals surface area (Å²) in [6.07, 6.45) is 0.986. The summed E-state index contributed by atoms with van der Waals surface area (Å²) in [5, 5.41) is 19.6. The molecule has 0 atom stereocenters. The van der Waals surface area contributed by atoms with Crippen LogP contribution in [0.5, 0.6) is 0 Å². The Morgan fingerprint density at radius 2 is 2.22 bits per heavy atom. The van der Waals surface area contributed by atoms with Crippen molar-refractivity contribution in [3.63, 3.8) is 0 Å². The smallest absolute Gasteiger partial charge is 0.352 e. The Morgan fingerprint density at radius 1 is 1.56 bits per heavy atom. The maximum Gasteiger partial charge on any atom is 0.352 e. The van der Waals surface area contributed by atoms with E-state index in [0.29, 0.717) is 17.8 Å². The highest BCUT2D eigenvalue weighted by molar-refractivity contribution is 7.15. The lowest BCUT2D eigenvalue weighted by atomic mass is 9.75. The molecule has 100 valence electrons. The van der Waals surface area contributed by atoms with Crippen molar-refractivity contribution < 1.29 is 18.7 Å². The van der Waals surface area contributed by atoms with Crippen LogP contribution < -0.4 is 5.32 Å². The molecule has 1 saturated carbocycles. The van der Waals surface area contributed by atoms with Crippen LogP contribution in [0.25, 0.3) is 0 Å². The van der Waals surface area contributed by atoms with Gasteiger partial charge in [0.25, 0.3) is 5.91 Å². The fourth-order valence-corrected chi connectivity index (χ4v) is 2.33. The summed E-state index contributed by atoms with van der Waals surface area (Å²) >= 11 is 1.04. The topological polar surface area (TPSA) is 75.1 Å². The minimum atomic E-state index is -3.80. The van der Waals surface area contributed by atoms with Crippen molar-refractivity contribution in [2.45, 2.75) is 44.1 Å². The zero-order valence-electron chi connectivity index (χ0n) is 9.74. The number of nitrogens with one attached hydrogen (secondary N) is 1. The van der Waals surface area contributed by atoms with Crippen LogP contribution in [0.15, 0.2) is 0 Å². The molecule has 0 spiro atoms. The van der Waals surface area contributed by atoms with Gasteiger partial charge in [-0.1, -0.05) is 18.3 Å². The molecule has 1 aromatic heterocycles. The van der Waals surface area contributed by atoms with Crippen LogP contribution in [-0.4, -0.2) is 32.7 Å². The molecule has 0 unspecified atom stereocenters. The number of alkyl halides is 2. The number of amides is 1. The Hall–Kier alpha value is -1.15. The molecule has 1 aliphatic rings. The molecule has 1 aromatic rings. The third kappa shape index (κ3) is 2.10. The average molecular weight is 277 g/mol. The number of halogens is 2. The maximum absolute atomic E-state index is 13.7. The van der Waals surface area contributed by atoms with Crippen LogP contribution in [0, 0.1) is 0 Å². The van der Waals surface area contributed by atoms with Crippen LogP contribution in [-0.2, 0) is 11.2 Å². The normalized spacial score (nSPS) is 18.2. The molecule has 1 heterocycles. The molecular formula is C10H13F2N3O2S. The van der Waals surface area contributed by atoms with Crippen molar-refractivity contribution in [2.75, 3.05) is 5.32 Å². The van der Waals surface area contributed by atoms with Gasteiger partial charge in [0.1, 0.15) is 10.6 Å². The highest BCUT2D eigenvalue weighted by Gasteiger charge is 2.61. The summed E-state index contributed by atoms with van der Waals surface area (Å²) in [7, 11) is 0. The Morgan fingerprint density at radius 3 is 2.67 bits per heavy atom. The molecule has 0 saturated heterocycles. The summed E-state index contributed by atoms with van der Waals surface area (Å²) in [5.74, 6) is -5.33. The van der Waals surface area contributed by atoms with Gasteiger partial charge in [0.05, 0.1) is 0 Å². The highest BCUT2D eigenvalue weighted by Crippen LogP contribution is 2.44. The van der Waals surface area contributed by atoms with E-state index < -0.39 is 17.4 Å². The molecule has 1 aliphatic carbocycles. The van der Waals surface area contributed by atoms with Gasteiger partial charge in [-0.05, 0) is 25.7 Å². The van der Waals surface area contributed by atoms with E-state index in [9.17, 15) is 18.7 Å². The first-order valence-corrected chi connectivity index (χ1v) is 6.45. The third-order valence-corrected chi connectivity index (χ3v) is 4.02. The van der Waals surface area contributed by atoms with Crippen molar-refractivity contribution in [1.29, 1.82) is 0 Å². The molecular weight excluding hydrogens is 264 g/mol. The van der Waals surface area contributed by atoms with Crippen LogP contribution in [0.4, 0.5) is 13.9 Å². The minimum absolute atomic E-state index is 0.0273. The van der Waals surface area contributed by atoms with Gasteiger partial charge in [-0.15, -0.1) is 10.2 Å². The van der Waals surface area contributed by atoms with E-state index in [0.717, 1.165) is 11.3 Å². The van der Waals surface area contributed by atoms with E-state index in [2.05, 4.69) is 10.2 Å². The fraction of sp³-hybridized carbons (Fsp3) is 0.700. The molecule has 0 radical (unpaired) electrons. The lowest BCUT2D eigenvalue weighted by Gasteiger charge is -2.41. The summed E-state index contributed by atoms with van der Waals surface area (Å²) in [6, 6.07) is 0. The summed E-state index contributed by atoms with van der Waals surface area (Å²) < 4.78 is 27.4. The number of rotatable bonds is 4. The second-order valence-electron chi connectivity index (χ2n) is 4.27. The van der Waals surface area contributed by atoms with Gasteiger partial charge in [0.15, 0.2) is 0 Å². The molecule has 5 nitrogen and oxygen atoms in total. The van der Waals surface area contributed by atoms with Gasteiger partial charge >= 0.3 is 5.92 Å². The SMILES string of the molecule is CCc1nnc(NC(=O)C(F)(F)C2(O)CCC2)s1. The van der Waals surface area contributed by atoms with Crippen LogP contribution in [0.1, 0.15) is 31.2 Å². The lowest BCUT2D eigenvalue weighted by Crippen LogP contribution is -2.59. The summed E-state index contributed by atoms with van der Waals surface area (Å²) in [5.41, 5.74) is -2.21. The molecule has 8 heteroatoms. The number of nitrogens with zero attached hydrogens (tertiary/aromatic N) is 2. The van der Waals surface area contributed by atoms with Crippen molar-refractivity contribution in [1.82, 2.24) is 10.2 Å². The predicted octanol–water partition coefficient (Wildman–Crippen LogP) is 1.59. The van der Waals surface area contributed by atoms with E-state index in [1.165, 1.54) is 0 Å². The largest absolute Gasteiger partial charge is 0.383 e. The Balaban J connectivity index is 2.07. The first kappa shape index (κ1) is 13.3. The third-order valence-electron chi connectivity index (χ3n) is 3.04. The second kappa shape index (κ2) is 4.51. The summed E-state index contributed by atoms with van der Waals surface area (Å²) in [4.78, 5) is 11.5. The van der Waals surface area contributed by atoms with Gasteiger partial charge in [0, 0.05) is 0 Å². The quantitative estimate of drug-likeness (QED) is 0.876. The van der Waals surface area contributed by atoms with E-state index in [1.54, 1.807) is 0 Å². The minimum Gasteiger partial charge on any atom is -0.383 e. The molecule has 0 bridgehead atoms. The molecule has 1 amide bonds. The number of carbonyl (C=O) groups is 1. The molecule has 2 N–H and O–H groups in total. The second-order valence-corrected chi connectivity index (χ2v) is 5.33. The van der Waals surface area contributed by atoms with Crippen molar-refractivity contribution in [2.24, 2.45) is 0 Å². The van der Waals surface area contributed by atoms with Crippen molar-refractivity contribution in [3.8, 4) is 0 Å². The van der Waals surface area contributed by atoms with Crippen LogP contribution in [0.3, 0.4) is 0 Å². The number of aromatic nitrogens is 2. The molecule has 18 heavy (non-hydrogen) atoms. The lowest BCUT2D eigenvalue weighted by molar-refractivity contribution is -0.212. The number of hydrogen-bond donors (Lipinski definition) is 2. The zero-order chi connectivity index (χ0) is 13.4. The Labute approximate surface area is 106 Å². The van der Waals surface area contributed by atoms with Gasteiger partial charge in [-0.2, -0.15) is 8.78 Å². The molecule has 2 rings (SSSR count). The Kier molecular flexibility index (Phi) is 3.33. The van der Waals surface area contributed by atoms with Gasteiger partial charge in [-0.25, -0.2) is 0 Å². The molecule has 0 aromatic carbocycles. The van der Waals surface area contributed by atoms with E-state index >= 15 is 0 Å². The fourth-order valence-electron chi connectivity index (χ4n) is 1.66. The number of aryl methyl sites for hydroxylation is 1. The monoisotopic (exact) mass is 277 g/mol. The van der Waals surface area contributed by atoms with Gasteiger partial charge < -0.3 is 5.11 Å². The van der Waals surface area contributed by atoms with Crippen molar-refractivity contribution >= 4 is 22.4 Å². The number of anilines is 1. The Bertz CT molecular complexity index is 460. The average Bonchev–Trinajstić information content (AvgIpc) is 2.73. The van der Waals surface area contributed by atoms with Gasteiger partial charge in [0.2, 0.25) is 5.13 Å². The van der Waals surface area contributed by atoms with Crippen LogP contribution in [0.2, 0.25) is 0 Å². The predicted molar refractivity (Wildman–Crippen MR) is 61.7 cm³/mol. The number of carbonyl (C=O) groups excluding carboxylic acids is 1.